The molecule has 2 rings (SSSR count). The Hall–Kier alpha value is -1.71. The summed E-state index contributed by atoms with van der Waals surface area (Å²) in [4.78, 5) is 0. The van der Waals surface area contributed by atoms with Gasteiger partial charge in [-0.2, -0.15) is 0 Å². The highest BCUT2D eigenvalue weighted by atomic mass is 19.1. The first-order valence-corrected chi connectivity index (χ1v) is 7.06. The fourth-order valence-electron chi connectivity index (χ4n) is 2.70. The zero-order chi connectivity index (χ0) is 15.4. The summed E-state index contributed by atoms with van der Waals surface area (Å²) >= 11 is 0. The maximum absolute atomic E-state index is 13.5. The minimum Gasteiger partial charge on any atom is -0.386 e. The second-order valence-corrected chi connectivity index (χ2v) is 5.43. The zero-order valence-electron chi connectivity index (χ0n) is 12.7. The van der Waals surface area contributed by atoms with Gasteiger partial charge >= 0.3 is 0 Å². The van der Waals surface area contributed by atoms with E-state index in [2.05, 4.69) is 0 Å². The fraction of sp³-hybridized carbons (Fsp3) is 0.333. The zero-order valence-corrected chi connectivity index (χ0v) is 12.7. The van der Waals surface area contributed by atoms with Crippen molar-refractivity contribution >= 4 is 0 Å². The third-order valence-electron chi connectivity index (χ3n) is 3.56. The molecule has 1 N–H and O–H groups in total. The summed E-state index contributed by atoms with van der Waals surface area (Å²) in [6.07, 6.45) is -0.697. The van der Waals surface area contributed by atoms with E-state index in [0.29, 0.717) is 5.56 Å². The third-order valence-corrected chi connectivity index (χ3v) is 3.56. The van der Waals surface area contributed by atoms with Gasteiger partial charge in [-0.05, 0) is 43.5 Å². The molecule has 0 saturated heterocycles. The van der Waals surface area contributed by atoms with E-state index in [-0.39, 0.29) is 19.0 Å². The number of rotatable bonds is 5. The first-order valence-electron chi connectivity index (χ1n) is 7.06. The molecule has 0 spiro atoms. The van der Waals surface area contributed by atoms with Gasteiger partial charge in [-0.25, -0.2) is 4.39 Å². The van der Waals surface area contributed by atoms with Crippen LogP contribution in [-0.4, -0.2) is 11.7 Å². The molecule has 2 aromatic carbocycles. The number of aliphatic hydroxyl groups excluding tert-OH is 1. The van der Waals surface area contributed by atoms with Gasteiger partial charge in [0.05, 0.1) is 13.2 Å². The Labute approximate surface area is 125 Å². The van der Waals surface area contributed by atoms with Crippen molar-refractivity contribution in [2.24, 2.45) is 0 Å². The molecular formula is C18H21FO2. The van der Waals surface area contributed by atoms with Gasteiger partial charge in [0.2, 0.25) is 0 Å². The van der Waals surface area contributed by atoms with E-state index < -0.39 is 6.10 Å². The van der Waals surface area contributed by atoms with Crippen LogP contribution in [0.4, 0.5) is 4.39 Å². The van der Waals surface area contributed by atoms with E-state index in [4.69, 9.17) is 4.74 Å². The number of hydrogen-bond donors (Lipinski definition) is 1. The van der Waals surface area contributed by atoms with Crippen LogP contribution in [0.15, 0.2) is 36.4 Å². The summed E-state index contributed by atoms with van der Waals surface area (Å²) in [6, 6.07) is 10.6. The normalized spacial score (nSPS) is 12.4. The molecule has 0 aliphatic carbocycles. The third kappa shape index (κ3) is 3.90. The lowest BCUT2D eigenvalue weighted by Gasteiger charge is -2.17. The molecule has 0 aromatic heterocycles. The molecule has 0 aliphatic heterocycles. The minimum absolute atomic E-state index is 0.152. The van der Waals surface area contributed by atoms with Gasteiger partial charge in [-0.3, -0.25) is 0 Å². The molecule has 0 aliphatic rings. The van der Waals surface area contributed by atoms with Crippen LogP contribution >= 0.6 is 0 Å². The fourth-order valence-corrected chi connectivity index (χ4v) is 2.70. The minimum atomic E-state index is -0.697. The van der Waals surface area contributed by atoms with Gasteiger partial charge in [0.15, 0.2) is 0 Å². The maximum Gasteiger partial charge on any atom is 0.128 e. The van der Waals surface area contributed by atoms with Crippen molar-refractivity contribution in [1.82, 2.24) is 0 Å². The number of hydrogen-bond acceptors (Lipinski definition) is 2. The summed E-state index contributed by atoms with van der Waals surface area (Å²) in [7, 11) is 0. The molecule has 0 heterocycles. The topological polar surface area (TPSA) is 29.5 Å². The smallest absolute Gasteiger partial charge is 0.128 e. The molecular weight excluding hydrogens is 267 g/mol. The largest absolute Gasteiger partial charge is 0.386 e. The van der Waals surface area contributed by atoms with E-state index in [0.717, 1.165) is 16.7 Å². The average Bonchev–Trinajstić information content (AvgIpc) is 2.39. The lowest BCUT2D eigenvalue weighted by molar-refractivity contribution is 0.0261. The van der Waals surface area contributed by atoms with Crippen LogP contribution in [0.25, 0.3) is 0 Å². The van der Waals surface area contributed by atoms with Crippen LogP contribution < -0.4 is 0 Å². The highest BCUT2D eigenvalue weighted by molar-refractivity contribution is 5.39. The number of aryl methyl sites for hydroxylation is 3. The second-order valence-electron chi connectivity index (χ2n) is 5.43. The average molecular weight is 288 g/mol. The van der Waals surface area contributed by atoms with Crippen LogP contribution in [-0.2, 0) is 11.3 Å². The molecule has 0 fully saturated rings. The molecule has 0 radical (unpaired) electrons. The predicted octanol–water partition coefficient (Wildman–Crippen LogP) is 4.00. The van der Waals surface area contributed by atoms with Gasteiger partial charge in [-0.1, -0.05) is 35.9 Å². The molecule has 1 atom stereocenters. The van der Waals surface area contributed by atoms with E-state index in [9.17, 15) is 9.50 Å². The van der Waals surface area contributed by atoms with Crippen LogP contribution in [0.5, 0.6) is 0 Å². The highest BCUT2D eigenvalue weighted by Gasteiger charge is 2.14. The number of ether oxygens (including phenoxy) is 1. The van der Waals surface area contributed by atoms with Crippen LogP contribution in [0.1, 0.15) is 33.9 Å². The maximum atomic E-state index is 13.5. The Morgan fingerprint density at radius 1 is 1.10 bits per heavy atom. The van der Waals surface area contributed by atoms with Crippen molar-refractivity contribution < 1.29 is 14.2 Å². The molecule has 21 heavy (non-hydrogen) atoms. The molecule has 0 bridgehead atoms. The van der Waals surface area contributed by atoms with Crippen molar-refractivity contribution in [2.75, 3.05) is 6.61 Å². The summed E-state index contributed by atoms with van der Waals surface area (Å²) in [6.45, 7) is 6.31. The summed E-state index contributed by atoms with van der Waals surface area (Å²) in [5.41, 5.74) is 4.67. The lowest BCUT2D eigenvalue weighted by atomic mass is 9.96. The summed E-state index contributed by atoms with van der Waals surface area (Å²) < 4.78 is 18.9. The van der Waals surface area contributed by atoms with Crippen molar-refractivity contribution in [1.29, 1.82) is 0 Å². The monoisotopic (exact) mass is 288 g/mol. The van der Waals surface area contributed by atoms with Crippen LogP contribution in [0.3, 0.4) is 0 Å². The molecule has 0 amide bonds. The van der Waals surface area contributed by atoms with Crippen LogP contribution in [0, 0.1) is 26.6 Å². The van der Waals surface area contributed by atoms with E-state index in [1.165, 1.54) is 11.6 Å². The number of benzene rings is 2. The van der Waals surface area contributed by atoms with Crippen molar-refractivity contribution in [3.05, 3.63) is 70.0 Å². The highest BCUT2D eigenvalue weighted by Crippen LogP contribution is 2.24. The first kappa shape index (κ1) is 15.7. The van der Waals surface area contributed by atoms with E-state index >= 15 is 0 Å². The Bertz CT molecular complexity index is 599. The summed E-state index contributed by atoms with van der Waals surface area (Å²) in [5.74, 6) is -0.283. The van der Waals surface area contributed by atoms with Gasteiger partial charge in [-0.15, -0.1) is 0 Å². The number of halogens is 1. The quantitative estimate of drug-likeness (QED) is 0.901. The van der Waals surface area contributed by atoms with E-state index in [1.807, 2.05) is 32.9 Å². The molecule has 112 valence electrons. The Balaban J connectivity index is 2.00. The second kappa shape index (κ2) is 6.83. The van der Waals surface area contributed by atoms with Crippen molar-refractivity contribution in [3.63, 3.8) is 0 Å². The molecule has 2 aromatic rings. The lowest BCUT2D eigenvalue weighted by Crippen LogP contribution is -2.11. The Morgan fingerprint density at radius 2 is 1.71 bits per heavy atom. The van der Waals surface area contributed by atoms with Crippen molar-refractivity contribution in [2.45, 2.75) is 33.5 Å². The van der Waals surface area contributed by atoms with Gasteiger partial charge in [0, 0.05) is 5.56 Å². The molecule has 0 saturated carbocycles. The first-order chi connectivity index (χ1) is 9.99. The van der Waals surface area contributed by atoms with Crippen LogP contribution in [0.2, 0.25) is 0 Å². The SMILES string of the molecule is Cc1cc(C)c(C(O)COCc2ccccc2F)c(C)c1. The van der Waals surface area contributed by atoms with Crippen molar-refractivity contribution in [3.8, 4) is 0 Å². The Morgan fingerprint density at radius 3 is 2.33 bits per heavy atom. The summed E-state index contributed by atoms with van der Waals surface area (Å²) in [5, 5.41) is 10.3. The number of aliphatic hydroxyl groups is 1. The predicted molar refractivity (Wildman–Crippen MR) is 81.7 cm³/mol. The molecule has 3 heteroatoms. The van der Waals surface area contributed by atoms with Gasteiger partial charge in [0.1, 0.15) is 11.9 Å². The Kier molecular flexibility index (Phi) is 5.10. The van der Waals surface area contributed by atoms with E-state index in [1.54, 1.807) is 18.2 Å². The molecule has 2 nitrogen and oxygen atoms in total. The van der Waals surface area contributed by atoms with Gasteiger partial charge in [0.25, 0.3) is 0 Å². The molecule has 1 unspecified atom stereocenters. The van der Waals surface area contributed by atoms with Gasteiger partial charge < -0.3 is 9.84 Å². The standard InChI is InChI=1S/C18H21FO2/c1-12-8-13(2)18(14(3)9-12)17(20)11-21-10-15-6-4-5-7-16(15)19/h4-9,17,20H,10-11H2,1-3H3.